The molecule has 0 aliphatic carbocycles. The molecule has 62 heavy (non-hydrogen) atoms. The normalized spacial score (nSPS) is 13.4. The molecule has 0 bridgehead atoms. The van der Waals surface area contributed by atoms with Crippen LogP contribution in [0.25, 0.3) is 33.2 Å². The van der Waals surface area contributed by atoms with Crippen molar-refractivity contribution in [2.45, 2.75) is 79.3 Å². The molecule has 20 heteroatoms. The van der Waals surface area contributed by atoms with Gasteiger partial charge in [0.15, 0.2) is 0 Å². The zero-order chi connectivity index (χ0) is 44.2. The minimum Gasteiger partial charge on any atom is -0.478 e. The van der Waals surface area contributed by atoms with Crippen molar-refractivity contribution < 1.29 is 44.1 Å². The molecule has 3 aliphatic rings. The Morgan fingerprint density at radius 3 is 1.44 bits per heavy atom. The minimum absolute atomic E-state index is 0.0970. The fourth-order valence-corrected chi connectivity index (χ4v) is 8.15. The Labute approximate surface area is 357 Å². The van der Waals surface area contributed by atoms with Crippen LogP contribution in [0.2, 0.25) is 0 Å². The molecule has 1 aromatic carbocycles. The molecule has 0 radical (unpaired) electrons. The molecule has 0 saturated heterocycles. The first-order chi connectivity index (χ1) is 29.8. The van der Waals surface area contributed by atoms with Gasteiger partial charge >= 0.3 is 17.9 Å². The zero-order valence-corrected chi connectivity index (χ0v) is 34.7. The number of fused-ring (bicyclic) bond motifs is 3. The Morgan fingerprint density at radius 1 is 0.548 bits per heavy atom. The lowest BCUT2D eigenvalue weighted by Gasteiger charge is -2.14. The fraction of sp³-hybridized carbons (Fsp3) is 0.286. The number of aromatic carboxylic acids is 3. The van der Waals surface area contributed by atoms with Crippen LogP contribution in [0.3, 0.4) is 0 Å². The Balaban J connectivity index is 0.000000140. The second kappa shape index (κ2) is 18.0. The van der Waals surface area contributed by atoms with Gasteiger partial charge in [-0.05, 0) is 36.4 Å². The number of H-pyrrole nitrogens is 3. The van der Waals surface area contributed by atoms with E-state index in [1.165, 1.54) is 23.6 Å². The SMILES string of the molecule is CCC(=O)N1Cc2[nH]nc(-c3ccc(C(=O)O)cc3)c2C1.CCC(=O)N1Cc2[nH]nc(-c3ccc(C(=O)O)cn3)c2C1.CCC(=O)N1Cc2[nH]nc(-c3ccc(C(=O)O)s3)c2C1. The van der Waals surface area contributed by atoms with Crippen molar-refractivity contribution in [2.24, 2.45) is 0 Å². The topological polar surface area (TPSA) is 272 Å². The van der Waals surface area contributed by atoms with Crippen molar-refractivity contribution in [3.8, 4) is 33.2 Å². The summed E-state index contributed by atoms with van der Waals surface area (Å²) in [5, 5.41) is 48.4. The minimum atomic E-state index is -1.01. The Bertz CT molecular complexity index is 2560. The van der Waals surface area contributed by atoms with Crippen LogP contribution < -0.4 is 0 Å². The molecule has 6 aromatic rings. The van der Waals surface area contributed by atoms with Crippen LogP contribution in [-0.2, 0) is 53.7 Å². The van der Waals surface area contributed by atoms with Crippen molar-refractivity contribution in [1.82, 2.24) is 50.3 Å². The summed E-state index contributed by atoms with van der Waals surface area (Å²) in [7, 11) is 0. The number of thiophene rings is 1. The number of nitrogens with zero attached hydrogens (tertiary/aromatic N) is 7. The standard InChI is InChI=1S/C15H15N3O3.C14H14N4O3.C13H13N3O3S/c1-2-13(19)18-7-11-12(8-18)16-17-14(11)9-3-5-10(6-4-9)15(20)21;1-2-12(19)18-6-9-11(7-18)16-17-13(9)10-4-3-8(5-15-10)14(20)21;1-2-11(17)16-5-7-8(6-16)14-15-12(7)9-3-4-10(20-9)13(18)19/h3-6H,2,7-8H2,1H3,(H,16,17)(H,20,21);3-5H,2,6-7H2,1H3,(H,16,17)(H,20,21);3-4H,2,5-6H2,1H3,(H,14,15)(H,18,19). The summed E-state index contributed by atoms with van der Waals surface area (Å²) in [6, 6.07) is 13.1. The quantitative estimate of drug-likeness (QED) is 0.104. The smallest absolute Gasteiger partial charge is 0.345 e. The molecule has 3 amide bonds. The van der Waals surface area contributed by atoms with E-state index in [1.54, 1.807) is 57.2 Å². The van der Waals surface area contributed by atoms with Crippen molar-refractivity contribution in [1.29, 1.82) is 0 Å². The highest BCUT2D eigenvalue weighted by atomic mass is 32.1. The van der Waals surface area contributed by atoms with Crippen LogP contribution in [0.1, 0.15) is 104 Å². The third-order valence-corrected chi connectivity index (χ3v) is 11.7. The first-order valence-corrected chi connectivity index (χ1v) is 20.5. The van der Waals surface area contributed by atoms with Crippen molar-refractivity contribution in [2.75, 3.05) is 0 Å². The van der Waals surface area contributed by atoms with E-state index in [0.717, 1.165) is 55.6 Å². The van der Waals surface area contributed by atoms with E-state index in [4.69, 9.17) is 15.3 Å². The van der Waals surface area contributed by atoms with E-state index < -0.39 is 17.9 Å². The molecule has 320 valence electrons. The highest BCUT2D eigenvalue weighted by Gasteiger charge is 2.31. The molecule has 6 N–H and O–H groups in total. The van der Waals surface area contributed by atoms with Gasteiger partial charge in [0.2, 0.25) is 17.7 Å². The van der Waals surface area contributed by atoms with E-state index >= 15 is 0 Å². The maximum Gasteiger partial charge on any atom is 0.345 e. The largest absolute Gasteiger partial charge is 0.478 e. The number of hydrogen-bond acceptors (Lipinski definition) is 11. The third kappa shape index (κ3) is 8.71. The summed E-state index contributed by atoms with van der Waals surface area (Å²) < 4.78 is 0. The number of carbonyl (C=O) groups excluding carboxylic acids is 3. The van der Waals surface area contributed by atoms with Gasteiger partial charge < -0.3 is 30.0 Å². The fourth-order valence-electron chi connectivity index (χ4n) is 7.29. The summed E-state index contributed by atoms with van der Waals surface area (Å²) in [6.07, 6.45) is 2.75. The molecule has 3 aliphatic heterocycles. The third-order valence-electron chi connectivity index (χ3n) is 10.6. The van der Waals surface area contributed by atoms with Crippen LogP contribution in [0, 0.1) is 0 Å². The van der Waals surface area contributed by atoms with E-state index in [1.807, 2.05) is 20.8 Å². The van der Waals surface area contributed by atoms with Gasteiger partial charge in [0.25, 0.3) is 0 Å². The molecule has 8 heterocycles. The van der Waals surface area contributed by atoms with Crippen LogP contribution in [0.4, 0.5) is 0 Å². The number of aromatic amines is 3. The Kier molecular flexibility index (Phi) is 12.4. The predicted molar refractivity (Wildman–Crippen MR) is 222 cm³/mol. The summed E-state index contributed by atoms with van der Waals surface area (Å²) in [5.74, 6) is -2.57. The summed E-state index contributed by atoms with van der Waals surface area (Å²) >= 11 is 1.19. The van der Waals surface area contributed by atoms with Gasteiger partial charge in [-0.25, -0.2) is 14.4 Å². The van der Waals surface area contributed by atoms with E-state index in [0.29, 0.717) is 69.9 Å². The highest BCUT2D eigenvalue weighted by molar-refractivity contribution is 7.17. The van der Waals surface area contributed by atoms with Crippen LogP contribution in [-0.4, -0.2) is 101 Å². The molecule has 0 fully saturated rings. The molecular formula is C42H42N10O9S. The maximum absolute atomic E-state index is 11.8. The number of amides is 3. The van der Waals surface area contributed by atoms with Gasteiger partial charge in [-0.15, -0.1) is 11.3 Å². The number of aromatic nitrogens is 7. The predicted octanol–water partition coefficient (Wildman–Crippen LogP) is 5.54. The summed E-state index contributed by atoms with van der Waals surface area (Å²) in [5.41, 5.74) is 9.80. The van der Waals surface area contributed by atoms with Crippen molar-refractivity contribution in [3.05, 3.63) is 105 Å². The second-order valence-corrected chi connectivity index (χ2v) is 15.6. The lowest BCUT2D eigenvalue weighted by molar-refractivity contribution is -0.132. The average molecular weight is 863 g/mol. The van der Waals surface area contributed by atoms with Crippen LogP contribution >= 0.6 is 11.3 Å². The summed E-state index contributed by atoms with van der Waals surface area (Å²) in [6.45, 7) is 8.75. The lowest BCUT2D eigenvalue weighted by atomic mass is 10.1. The van der Waals surface area contributed by atoms with E-state index in [-0.39, 0.29) is 33.7 Å². The Hall–Kier alpha value is -7.48. The second-order valence-electron chi connectivity index (χ2n) is 14.5. The van der Waals surface area contributed by atoms with E-state index in [2.05, 4.69) is 35.6 Å². The van der Waals surface area contributed by atoms with Crippen LogP contribution in [0.5, 0.6) is 0 Å². The number of nitrogens with one attached hydrogen (secondary N) is 3. The number of carboxylic acid groups (broad SMARTS) is 3. The number of carbonyl (C=O) groups is 6. The first kappa shape index (κ1) is 42.6. The Morgan fingerprint density at radius 2 is 1.00 bits per heavy atom. The van der Waals surface area contributed by atoms with Crippen molar-refractivity contribution in [3.63, 3.8) is 0 Å². The monoisotopic (exact) mass is 862 g/mol. The average Bonchev–Trinajstić information content (AvgIpc) is 4.13. The van der Waals surface area contributed by atoms with Gasteiger partial charge in [0.05, 0.1) is 83.7 Å². The molecule has 5 aromatic heterocycles. The van der Waals surface area contributed by atoms with E-state index in [9.17, 15) is 28.8 Å². The molecular weight excluding hydrogens is 821 g/mol. The van der Waals surface area contributed by atoms with Gasteiger partial charge in [0.1, 0.15) is 16.3 Å². The highest BCUT2D eigenvalue weighted by Crippen LogP contribution is 2.35. The van der Waals surface area contributed by atoms with Crippen molar-refractivity contribution >= 4 is 47.0 Å². The number of hydrogen-bond donors (Lipinski definition) is 6. The molecule has 0 unspecified atom stereocenters. The number of pyridine rings is 1. The summed E-state index contributed by atoms with van der Waals surface area (Å²) in [4.78, 5) is 78.5. The van der Waals surface area contributed by atoms with Crippen LogP contribution in [0.15, 0.2) is 54.7 Å². The molecule has 0 saturated carbocycles. The zero-order valence-electron chi connectivity index (χ0n) is 33.9. The molecule has 0 atom stereocenters. The number of carboxylic acids is 3. The number of benzene rings is 1. The maximum atomic E-state index is 11.8. The first-order valence-electron chi connectivity index (χ1n) is 19.7. The molecule has 9 rings (SSSR count). The lowest BCUT2D eigenvalue weighted by Crippen LogP contribution is -2.24. The van der Waals surface area contributed by atoms with Gasteiger partial charge in [0, 0.05) is 47.7 Å². The van der Waals surface area contributed by atoms with Gasteiger partial charge in [-0.2, -0.15) is 15.3 Å². The van der Waals surface area contributed by atoms with Gasteiger partial charge in [-0.3, -0.25) is 34.7 Å². The molecule has 0 spiro atoms. The molecule has 19 nitrogen and oxygen atoms in total. The number of rotatable bonds is 9. The van der Waals surface area contributed by atoms with Gasteiger partial charge in [-0.1, -0.05) is 32.9 Å².